The summed E-state index contributed by atoms with van der Waals surface area (Å²) in [5.74, 6) is 1.33. The predicted molar refractivity (Wildman–Crippen MR) is 59.8 cm³/mol. The van der Waals surface area contributed by atoms with Gasteiger partial charge in [-0.05, 0) is 12.1 Å². The van der Waals surface area contributed by atoms with Gasteiger partial charge in [0.25, 0.3) is 0 Å². The summed E-state index contributed by atoms with van der Waals surface area (Å²) in [7, 11) is 0. The van der Waals surface area contributed by atoms with E-state index in [0.717, 1.165) is 0 Å². The van der Waals surface area contributed by atoms with Crippen LogP contribution in [0.25, 0.3) is 0 Å². The molecule has 0 saturated heterocycles. The van der Waals surface area contributed by atoms with Crippen LogP contribution < -0.4 is 20.1 Å². The second-order valence-electron chi connectivity index (χ2n) is 3.19. The Kier molecular flexibility index (Phi) is 2.95. The van der Waals surface area contributed by atoms with E-state index in [-0.39, 0.29) is 12.8 Å². The van der Waals surface area contributed by atoms with Gasteiger partial charge in [0.1, 0.15) is 0 Å². The van der Waals surface area contributed by atoms with Crippen LogP contribution in [-0.4, -0.2) is 19.4 Å². The zero-order valence-corrected chi connectivity index (χ0v) is 8.66. The SMILES string of the molecule is C=CCNC(=O)Nc1ccc2c(c1)OCO2. The van der Waals surface area contributed by atoms with E-state index in [4.69, 9.17) is 9.47 Å². The topological polar surface area (TPSA) is 59.6 Å². The molecule has 1 heterocycles. The minimum Gasteiger partial charge on any atom is -0.454 e. The summed E-state index contributed by atoms with van der Waals surface area (Å²) < 4.78 is 10.4. The van der Waals surface area contributed by atoms with Crippen LogP contribution in [0.1, 0.15) is 0 Å². The smallest absolute Gasteiger partial charge is 0.319 e. The zero-order chi connectivity index (χ0) is 11.4. The largest absolute Gasteiger partial charge is 0.454 e. The molecule has 5 heteroatoms. The van der Waals surface area contributed by atoms with E-state index >= 15 is 0 Å². The first kappa shape index (κ1) is 10.4. The molecule has 1 aromatic rings. The first-order valence-electron chi connectivity index (χ1n) is 4.85. The van der Waals surface area contributed by atoms with Gasteiger partial charge in [0.15, 0.2) is 11.5 Å². The van der Waals surface area contributed by atoms with E-state index in [1.165, 1.54) is 0 Å². The van der Waals surface area contributed by atoms with E-state index < -0.39 is 0 Å². The Balaban J connectivity index is 1.99. The summed E-state index contributed by atoms with van der Waals surface area (Å²) in [6, 6.07) is 4.95. The molecule has 2 rings (SSSR count). The van der Waals surface area contributed by atoms with Gasteiger partial charge in [-0.1, -0.05) is 6.08 Å². The second kappa shape index (κ2) is 4.57. The first-order valence-corrected chi connectivity index (χ1v) is 4.85. The molecular weight excluding hydrogens is 208 g/mol. The molecule has 0 saturated carbocycles. The highest BCUT2D eigenvalue weighted by Crippen LogP contribution is 2.34. The molecule has 1 aliphatic rings. The van der Waals surface area contributed by atoms with Crippen LogP contribution in [-0.2, 0) is 0 Å². The fourth-order valence-electron chi connectivity index (χ4n) is 1.31. The van der Waals surface area contributed by atoms with Crippen LogP contribution in [0.15, 0.2) is 30.9 Å². The van der Waals surface area contributed by atoms with Gasteiger partial charge < -0.3 is 20.1 Å². The van der Waals surface area contributed by atoms with Crippen molar-refractivity contribution in [2.45, 2.75) is 0 Å². The van der Waals surface area contributed by atoms with Crippen molar-refractivity contribution in [2.24, 2.45) is 0 Å². The third-order valence-corrected chi connectivity index (χ3v) is 2.04. The molecule has 0 fully saturated rings. The van der Waals surface area contributed by atoms with Gasteiger partial charge in [-0.25, -0.2) is 4.79 Å². The summed E-state index contributed by atoms with van der Waals surface area (Å²) in [4.78, 5) is 11.3. The van der Waals surface area contributed by atoms with Crippen LogP contribution in [0, 0.1) is 0 Å². The lowest BCUT2D eigenvalue weighted by atomic mass is 10.3. The molecule has 0 radical (unpaired) electrons. The Morgan fingerprint density at radius 1 is 1.44 bits per heavy atom. The number of amides is 2. The van der Waals surface area contributed by atoms with E-state index in [9.17, 15) is 4.79 Å². The highest BCUT2D eigenvalue weighted by Gasteiger charge is 2.13. The standard InChI is InChI=1S/C11H12N2O3/c1-2-5-12-11(14)13-8-3-4-9-10(6-8)16-7-15-9/h2-4,6H,1,5,7H2,(H2,12,13,14). The highest BCUT2D eigenvalue weighted by molar-refractivity contribution is 5.89. The lowest BCUT2D eigenvalue weighted by molar-refractivity contribution is 0.174. The molecule has 84 valence electrons. The average molecular weight is 220 g/mol. The number of hydrogen-bond donors (Lipinski definition) is 2. The molecule has 0 aliphatic carbocycles. The third-order valence-electron chi connectivity index (χ3n) is 2.04. The van der Waals surface area contributed by atoms with E-state index in [1.807, 2.05) is 0 Å². The molecule has 0 bridgehead atoms. The van der Waals surface area contributed by atoms with E-state index in [2.05, 4.69) is 17.2 Å². The first-order chi connectivity index (χ1) is 7.79. The monoisotopic (exact) mass is 220 g/mol. The second-order valence-corrected chi connectivity index (χ2v) is 3.19. The van der Waals surface area contributed by atoms with Crippen molar-refractivity contribution in [3.8, 4) is 11.5 Å². The number of rotatable bonds is 3. The number of nitrogens with one attached hydrogen (secondary N) is 2. The summed E-state index contributed by atoms with van der Waals surface area (Å²) in [5, 5.41) is 5.28. The lowest BCUT2D eigenvalue weighted by Gasteiger charge is -2.06. The van der Waals surface area contributed by atoms with Gasteiger partial charge in [-0.15, -0.1) is 6.58 Å². The molecule has 0 unspecified atom stereocenters. The Morgan fingerprint density at radius 3 is 3.06 bits per heavy atom. The molecule has 16 heavy (non-hydrogen) atoms. The summed E-state index contributed by atoms with van der Waals surface area (Å²) in [6.07, 6.45) is 1.61. The Hall–Kier alpha value is -2.17. The average Bonchev–Trinajstić information content (AvgIpc) is 2.73. The fraction of sp³-hybridized carbons (Fsp3) is 0.182. The normalized spacial score (nSPS) is 12.0. The maximum Gasteiger partial charge on any atom is 0.319 e. The van der Waals surface area contributed by atoms with Crippen LogP contribution in [0.5, 0.6) is 11.5 Å². The number of carbonyl (C=O) groups is 1. The van der Waals surface area contributed by atoms with Crippen molar-refractivity contribution in [3.05, 3.63) is 30.9 Å². The summed E-state index contributed by atoms with van der Waals surface area (Å²) in [5.41, 5.74) is 0.658. The van der Waals surface area contributed by atoms with Gasteiger partial charge in [-0.2, -0.15) is 0 Å². The molecule has 0 spiro atoms. The van der Waals surface area contributed by atoms with Crippen molar-refractivity contribution in [1.29, 1.82) is 0 Å². The molecule has 2 N–H and O–H groups in total. The zero-order valence-electron chi connectivity index (χ0n) is 8.66. The van der Waals surface area contributed by atoms with Crippen LogP contribution >= 0.6 is 0 Å². The molecule has 1 aliphatic heterocycles. The van der Waals surface area contributed by atoms with Crippen molar-refractivity contribution >= 4 is 11.7 Å². The van der Waals surface area contributed by atoms with E-state index in [0.29, 0.717) is 23.7 Å². The minimum atomic E-state index is -0.279. The number of hydrogen-bond acceptors (Lipinski definition) is 3. The van der Waals surface area contributed by atoms with Crippen molar-refractivity contribution < 1.29 is 14.3 Å². The minimum absolute atomic E-state index is 0.224. The van der Waals surface area contributed by atoms with Gasteiger partial charge >= 0.3 is 6.03 Å². The Labute approximate surface area is 93.0 Å². The van der Waals surface area contributed by atoms with Crippen LogP contribution in [0.2, 0.25) is 0 Å². The van der Waals surface area contributed by atoms with Gasteiger partial charge in [0.2, 0.25) is 6.79 Å². The van der Waals surface area contributed by atoms with Crippen molar-refractivity contribution in [1.82, 2.24) is 5.32 Å². The van der Waals surface area contributed by atoms with Gasteiger partial charge in [0, 0.05) is 18.3 Å². The van der Waals surface area contributed by atoms with Crippen LogP contribution in [0.4, 0.5) is 10.5 Å². The predicted octanol–water partition coefficient (Wildman–Crippen LogP) is 1.72. The molecule has 0 aromatic heterocycles. The van der Waals surface area contributed by atoms with Crippen molar-refractivity contribution in [3.63, 3.8) is 0 Å². The number of anilines is 1. The third kappa shape index (κ3) is 2.25. The Bertz CT molecular complexity index is 418. The van der Waals surface area contributed by atoms with Gasteiger partial charge in [0.05, 0.1) is 0 Å². The summed E-state index contributed by atoms with van der Waals surface area (Å²) in [6.45, 7) is 4.16. The number of benzene rings is 1. The highest BCUT2D eigenvalue weighted by atomic mass is 16.7. The fourth-order valence-corrected chi connectivity index (χ4v) is 1.31. The van der Waals surface area contributed by atoms with Gasteiger partial charge in [-0.3, -0.25) is 0 Å². The van der Waals surface area contributed by atoms with Crippen LogP contribution in [0.3, 0.4) is 0 Å². The molecule has 0 atom stereocenters. The number of ether oxygens (including phenoxy) is 2. The quantitative estimate of drug-likeness (QED) is 0.762. The maximum atomic E-state index is 11.3. The molecule has 5 nitrogen and oxygen atoms in total. The number of carbonyl (C=O) groups excluding carboxylic acids is 1. The van der Waals surface area contributed by atoms with E-state index in [1.54, 1.807) is 24.3 Å². The number of urea groups is 1. The maximum absolute atomic E-state index is 11.3. The van der Waals surface area contributed by atoms with Crippen molar-refractivity contribution in [2.75, 3.05) is 18.7 Å². The number of fused-ring (bicyclic) bond motifs is 1. The Morgan fingerprint density at radius 2 is 2.25 bits per heavy atom. The molecular formula is C11H12N2O3. The molecule has 2 amide bonds. The molecule has 1 aromatic carbocycles. The summed E-state index contributed by atoms with van der Waals surface area (Å²) >= 11 is 0. The lowest BCUT2D eigenvalue weighted by Crippen LogP contribution is -2.28.